The summed E-state index contributed by atoms with van der Waals surface area (Å²) in [6.45, 7) is 0.411. The number of hydrogen-bond acceptors (Lipinski definition) is 2. The third kappa shape index (κ3) is 1.01. The van der Waals surface area contributed by atoms with Crippen molar-refractivity contribution in [3.63, 3.8) is 0 Å². The van der Waals surface area contributed by atoms with E-state index in [1.54, 1.807) is 12.1 Å². The van der Waals surface area contributed by atoms with Gasteiger partial charge in [0.05, 0.1) is 12.2 Å². The number of aromatic nitrogens is 1. The molecule has 1 aliphatic rings. The van der Waals surface area contributed by atoms with Gasteiger partial charge in [0.1, 0.15) is 5.56 Å². The van der Waals surface area contributed by atoms with Gasteiger partial charge in [-0.1, -0.05) is 12.1 Å². The average molecular weight is 200 g/mol. The molecule has 2 aromatic rings. The van der Waals surface area contributed by atoms with Crippen LogP contribution in [0.4, 0.5) is 0 Å². The fraction of sp³-hybridized carbons (Fsp3) is 0.0909. The zero-order valence-corrected chi connectivity index (χ0v) is 7.83. The normalized spacial score (nSPS) is 14.0. The maximum Gasteiger partial charge on any atom is 0.257 e. The van der Waals surface area contributed by atoms with Crippen molar-refractivity contribution >= 4 is 16.8 Å². The summed E-state index contributed by atoms with van der Waals surface area (Å²) in [7, 11) is 0. The quantitative estimate of drug-likeness (QED) is 0.659. The second kappa shape index (κ2) is 2.70. The van der Waals surface area contributed by atoms with Crippen molar-refractivity contribution in [2.75, 3.05) is 0 Å². The Balaban J connectivity index is 2.52. The molecule has 1 aromatic carbocycles. The Labute approximate surface area is 84.9 Å². The fourth-order valence-electron chi connectivity index (χ4n) is 1.92. The Morgan fingerprint density at radius 3 is 2.80 bits per heavy atom. The first-order valence-electron chi connectivity index (χ1n) is 4.69. The van der Waals surface area contributed by atoms with E-state index in [9.17, 15) is 9.59 Å². The highest BCUT2D eigenvalue weighted by Gasteiger charge is 2.23. The molecule has 1 aliphatic heterocycles. The SMILES string of the molecule is O=C1NCc2[nH]c3ccccc3c(=O)c21. The van der Waals surface area contributed by atoms with Crippen molar-refractivity contribution in [1.29, 1.82) is 0 Å². The first-order chi connectivity index (χ1) is 7.27. The van der Waals surface area contributed by atoms with E-state index in [1.807, 2.05) is 12.1 Å². The standard InChI is InChI=1S/C11H8N2O2/c14-10-6-3-1-2-4-7(6)13-8-5-12-11(15)9(8)10/h1-4H,5H2,(H,12,15)(H,13,14). The Bertz CT molecular complexity index is 628. The van der Waals surface area contributed by atoms with Gasteiger partial charge in [0, 0.05) is 10.9 Å². The van der Waals surface area contributed by atoms with Crippen LogP contribution in [0.25, 0.3) is 10.9 Å². The van der Waals surface area contributed by atoms with Crippen molar-refractivity contribution in [3.8, 4) is 0 Å². The smallest absolute Gasteiger partial charge is 0.257 e. The van der Waals surface area contributed by atoms with E-state index in [4.69, 9.17) is 0 Å². The lowest BCUT2D eigenvalue weighted by Gasteiger charge is -2.00. The molecule has 15 heavy (non-hydrogen) atoms. The number of hydrogen-bond donors (Lipinski definition) is 2. The van der Waals surface area contributed by atoms with Gasteiger partial charge >= 0.3 is 0 Å². The maximum absolute atomic E-state index is 11.9. The molecule has 74 valence electrons. The van der Waals surface area contributed by atoms with Crippen molar-refractivity contribution in [3.05, 3.63) is 45.7 Å². The number of aromatic amines is 1. The molecule has 0 aliphatic carbocycles. The van der Waals surface area contributed by atoms with Crippen LogP contribution in [0.3, 0.4) is 0 Å². The molecule has 0 atom stereocenters. The fourth-order valence-corrected chi connectivity index (χ4v) is 1.92. The molecule has 0 radical (unpaired) electrons. The highest BCUT2D eigenvalue weighted by molar-refractivity contribution is 6.00. The minimum absolute atomic E-state index is 0.186. The number of carbonyl (C=O) groups excluding carboxylic acids is 1. The molecular formula is C11H8N2O2. The molecular weight excluding hydrogens is 192 g/mol. The van der Waals surface area contributed by atoms with Crippen LogP contribution in [0, 0.1) is 0 Å². The van der Waals surface area contributed by atoms with E-state index in [1.165, 1.54) is 0 Å². The lowest BCUT2D eigenvalue weighted by atomic mass is 10.1. The first kappa shape index (κ1) is 8.23. The topological polar surface area (TPSA) is 62.0 Å². The number of nitrogens with one attached hydrogen (secondary N) is 2. The van der Waals surface area contributed by atoms with Gasteiger partial charge in [0.2, 0.25) is 5.43 Å². The van der Waals surface area contributed by atoms with Crippen LogP contribution >= 0.6 is 0 Å². The Hall–Kier alpha value is -2.10. The first-order valence-corrected chi connectivity index (χ1v) is 4.69. The van der Waals surface area contributed by atoms with Crippen molar-refractivity contribution < 1.29 is 4.79 Å². The van der Waals surface area contributed by atoms with Crippen LogP contribution in [0.1, 0.15) is 16.1 Å². The summed E-state index contributed by atoms with van der Waals surface area (Å²) in [4.78, 5) is 26.4. The van der Waals surface area contributed by atoms with E-state index in [2.05, 4.69) is 10.3 Å². The summed E-state index contributed by atoms with van der Waals surface area (Å²) in [5.41, 5.74) is 1.53. The summed E-state index contributed by atoms with van der Waals surface area (Å²) >= 11 is 0. The summed E-state index contributed by atoms with van der Waals surface area (Å²) in [5, 5.41) is 3.19. The zero-order chi connectivity index (χ0) is 10.4. The number of H-pyrrole nitrogens is 1. The molecule has 0 unspecified atom stereocenters. The van der Waals surface area contributed by atoms with Crippen LogP contribution in [0.15, 0.2) is 29.1 Å². The highest BCUT2D eigenvalue weighted by Crippen LogP contribution is 2.14. The van der Waals surface area contributed by atoms with Crippen LogP contribution < -0.4 is 10.7 Å². The van der Waals surface area contributed by atoms with Crippen molar-refractivity contribution in [1.82, 2.24) is 10.3 Å². The second-order valence-corrected chi connectivity index (χ2v) is 3.54. The molecule has 0 saturated carbocycles. The molecule has 1 amide bonds. The van der Waals surface area contributed by atoms with Crippen LogP contribution in [-0.2, 0) is 6.54 Å². The van der Waals surface area contributed by atoms with E-state index >= 15 is 0 Å². The van der Waals surface area contributed by atoms with Crippen LogP contribution in [0.2, 0.25) is 0 Å². The van der Waals surface area contributed by atoms with Crippen LogP contribution in [0.5, 0.6) is 0 Å². The molecule has 3 rings (SSSR count). The van der Waals surface area contributed by atoms with Gasteiger partial charge in [-0.3, -0.25) is 9.59 Å². The second-order valence-electron chi connectivity index (χ2n) is 3.54. The van der Waals surface area contributed by atoms with E-state index < -0.39 is 0 Å². The summed E-state index contributed by atoms with van der Waals surface area (Å²) < 4.78 is 0. The number of amides is 1. The summed E-state index contributed by atoms with van der Waals surface area (Å²) in [5.74, 6) is -0.281. The van der Waals surface area contributed by atoms with Gasteiger partial charge in [0.25, 0.3) is 5.91 Å². The molecule has 0 bridgehead atoms. The number of rotatable bonds is 0. The average Bonchev–Trinajstić information content (AvgIpc) is 2.61. The molecule has 0 fully saturated rings. The Morgan fingerprint density at radius 1 is 1.13 bits per heavy atom. The number of carbonyl (C=O) groups is 1. The third-order valence-corrected chi connectivity index (χ3v) is 2.64. The predicted octanol–water partition coefficient (Wildman–Crippen LogP) is 0.771. The van der Waals surface area contributed by atoms with Gasteiger partial charge < -0.3 is 10.3 Å². The Kier molecular flexibility index (Phi) is 1.48. The molecule has 0 spiro atoms. The molecule has 1 aromatic heterocycles. The lowest BCUT2D eigenvalue weighted by molar-refractivity contribution is 0.0965. The van der Waals surface area contributed by atoms with Gasteiger partial charge in [-0.05, 0) is 12.1 Å². The maximum atomic E-state index is 11.9. The largest absolute Gasteiger partial charge is 0.356 e. The number of para-hydroxylation sites is 1. The number of fused-ring (bicyclic) bond motifs is 2. The van der Waals surface area contributed by atoms with Gasteiger partial charge in [-0.2, -0.15) is 0 Å². The number of benzene rings is 1. The summed E-state index contributed by atoms with van der Waals surface area (Å²) in [6, 6.07) is 7.20. The minimum atomic E-state index is -0.281. The van der Waals surface area contributed by atoms with E-state index in [-0.39, 0.29) is 16.9 Å². The molecule has 4 nitrogen and oxygen atoms in total. The zero-order valence-electron chi connectivity index (χ0n) is 7.83. The van der Waals surface area contributed by atoms with E-state index in [0.29, 0.717) is 17.6 Å². The molecule has 0 saturated heterocycles. The Morgan fingerprint density at radius 2 is 1.93 bits per heavy atom. The minimum Gasteiger partial charge on any atom is -0.356 e. The van der Waals surface area contributed by atoms with Crippen molar-refractivity contribution in [2.45, 2.75) is 6.54 Å². The molecule has 2 N–H and O–H groups in total. The van der Waals surface area contributed by atoms with Crippen molar-refractivity contribution in [2.24, 2.45) is 0 Å². The van der Waals surface area contributed by atoms with Gasteiger partial charge in [-0.15, -0.1) is 0 Å². The lowest BCUT2D eigenvalue weighted by Crippen LogP contribution is -2.19. The monoisotopic (exact) mass is 200 g/mol. The van der Waals surface area contributed by atoms with Crippen LogP contribution in [-0.4, -0.2) is 10.9 Å². The van der Waals surface area contributed by atoms with E-state index in [0.717, 1.165) is 5.52 Å². The third-order valence-electron chi connectivity index (χ3n) is 2.64. The summed E-state index contributed by atoms with van der Waals surface area (Å²) in [6.07, 6.45) is 0. The highest BCUT2D eigenvalue weighted by atomic mass is 16.2. The number of pyridine rings is 1. The molecule has 2 heterocycles. The van der Waals surface area contributed by atoms with Gasteiger partial charge in [0.15, 0.2) is 0 Å². The van der Waals surface area contributed by atoms with Gasteiger partial charge in [-0.25, -0.2) is 0 Å². The molecule has 4 heteroatoms. The predicted molar refractivity (Wildman–Crippen MR) is 55.7 cm³/mol.